The SMILES string of the molecule is C[C@@H](NCC(=O)Nc1ccc(F)cc1F)c1ccccc1. The zero-order valence-electron chi connectivity index (χ0n) is 11.6. The van der Waals surface area contributed by atoms with E-state index in [1.807, 2.05) is 37.3 Å². The lowest BCUT2D eigenvalue weighted by atomic mass is 10.1. The molecule has 2 aromatic carbocycles. The van der Waals surface area contributed by atoms with Gasteiger partial charge in [0.2, 0.25) is 5.91 Å². The van der Waals surface area contributed by atoms with Crippen molar-refractivity contribution in [1.29, 1.82) is 0 Å². The van der Waals surface area contributed by atoms with Crippen molar-refractivity contribution >= 4 is 11.6 Å². The van der Waals surface area contributed by atoms with Crippen molar-refractivity contribution in [3.8, 4) is 0 Å². The number of amides is 1. The zero-order chi connectivity index (χ0) is 15.2. The molecule has 2 rings (SSSR count). The van der Waals surface area contributed by atoms with Crippen LogP contribution < -0.4 is 10.6 Å². The Balaban J connectivity index is 1.87. The molecule has 0 aromatic heterocycles. The number of rotatable bonds is 5. The number of hydrogen-bond donors (Lipinski definition) is 2. The minimum Gasteiger partial charge on any atom is -0.322 e. The fourth-order valence-corrected chi connectivity index (χ4v) is 1.89. The van der Waals surface area contributed by atoms with E-state index in [-0.39, 0.29) is 24.2 Å². The summed E-state index contributed by atoms with van der Waals surface area (Å²) in [6.07, 6.45) is 0. The van der Waals surface area contributed by atoms with Gasteiger partial charge in [0.1, 0.15) is 11.6 Å². The van der Waals surface area contributed by atoms with Gasteiger partial charge in [-0.25, -0.2) is 8.78 Å². The van der Waals surface area contributed by atoms with Crippen LogP contribution in [0.4, 0.5) is 14.5 Å². The first-order chi connectivity index (χ1) is 10.1. The molecule has 21 heavy (non-hydrogen) atoms. The molecule has 0 saturated carbocycles. The van der Waals surface area contributed by atoms with Gasteiger partial charge in [-0.2, -0.15) is 0 Å². The lowest BCUT2D eigenvalue weighted by Crippen LogP contribution is -2.30. The van der Waals surface area contributed by atoms with E-state index >= 15 is 0 Å². The molecule has 0 saturated heterocycles. The summed E-state index contributed by atoms with van der Waals surface area (Å²) in [5.41, 5.74) is 1.02. The van der Waals surface area contributed by atoms with Crippen LogP contribution in [0.3, 0.4) is 0 Å². The van der Waals surface area contributed by atoms with Gasteiger partial charge in [0.25, 0.3) is 0 Å². The number of hydrogen-bond acceptors (Lipinski definition) is 2. The quantitative estimate of drug-likeness (QED) is 0.887. The fraction of sp³-hybridized carbons (Fsp3) is 0.188. The molecule has 1 atom stereocenters. The van der Waals surface area contributed by atoms with E-state index in [0.29, 0.717) is 0 Å². The molecule has 110 valence electrons. The van der Waals surface area contributed by atoms with Gasteiger partial charge < -0.3 is 10.6 Å². The molecule has 0 aliphatic rings. The number of benzene rings is 2. The van der Waals surface area contributed by atoms with Crippen LogP contribution in [0.2, 0.25) is 0 Å². The summed E-state index contributed by atoms with van der Waals surface area (Å²) in [5.74, 6) is -1.86. The summed E-state index contributed by atoms with van der Waals surface area (Å²) in [4.78, 5) is 11.8. The second-order valence-corrected chi connectivity index (χ2v) is 4.69. The largest absolute Gasteiger partial charge is 0.322 e. The van der Waals surface area contributed by atoms with Crippen molar-refractivity contribution in [2.24, 2.45) is 0 Å². The van der Waals surface area contributed by atoms with Gasteiger partial charge in [0.15, 0.2) is 0 Å². The van der Waals surface area contributed by atoms with Crippen molar-refractivity contribution in [2.45, 2.75) is 13.0 Å². The molecular formula is C16H16F2N2O. The normalized spacial score (nSPS) is 12.0. The molecule has 0 heterocycles. The molecule has 2 aromatic rings. The standard InChI is InChI=1S/C16H16F2N2O/c1-11(12-5-3-2-4-6-12)19-10-16(21)20-15-8-7-13(17)9-14(15)18/h2-9,11,19H,10H2,1H3,(H,20,21)/t11-/m1/s1. The van der Waals surface area contributed by atoms with Crippen molar-refractivity contribution in [1.82, 2.24) is 5.32 Å². The summed E-state index contributed by atoms with van der Waals surface area (Å²) >= 11 is 0. The van der Waals surface area contributed by atoms with Gasteiger partial charge in [0.05, 0.1) is 12.2 Å². The Morgan fingerprint density at radius 1 is 1.14 bits per heavy atom. The molecule has 2 N–H and O–H groups in total. The molecule has 0 aliphatic carbocycles. The minimum atomic E-state index is -0.792. The third kappa shape index (κ3) is 4.36. The van der Waals surface area contributed by atoms with Gasteiger partial charge in [-0.15, -0.1) is 0 Å². The third-order valence-electron chi connectivity index (χ3n) is 3.07. The smallest absolute Gasteiger partial charge is 0.238 e. The second-order valence-electron chi connectivity index (χ2n) is 4.69. The molecule has 0 fully saturated rings. The van der Waals surface area contributed by atoms with Crippen LogP contribution in [0.15, 0.2) is 48.5 Å². The topological polar surface area (TPSA) is 41.1 Å². The molecule has 0 radical (unpaired) electrons. The summed E-state index contributed by atoms with van der Waals surface area (Å²) in [5, 5.41) is 5.44. The molecule has 0 aliphatic heterocycles. The maximum absolute atomic E-state index is 13.4. The highest BCUT2D eigenvalue weighted by Gasteiger charge is 2.10. The van der Waals surface area contributed by atoms with E-state index in [2.05, 4.69) is 10.6 Å². The molecule has 0 spiro atoms. The summed E-state index contributed by atoms with van der Waals surface area (Å²) in [7, 11) is 0. The third-order valence-corrected chi connectivity index (χ3v) is 3.07. The predicted octanol–water partition coefficient (Wildman–Crippen LogP) is 3.25. The Morgan fingerprint density at radius 3 is 2.52 bits per heavy atom. The van der Waals surface area contributed by atoms with Gasteiger partial charge in [-0.1, -0.05) is 30.3 Å². The maximum atomic E-state index is 13.4. The Kier molecular flexibility index (Phi) is 5.00. The second kappa shape index (κ2) is 6.95. The lowest BCUT2D eigenvalue weighted by Gasteiger charge is -2.14. The average molecular weight is 290 g/mol. The Hall–Kier alpha value is -2.27. The Bertz CT molecular complexity index is 617. The summed E-state index contributed by atoms with van der Waals surface area (Å²) in [6, 6.07) is 12.7. The summed E-state index contributed by atoms with van der Waals surface area (Å²) < 4.78 is 26.2. The number of nitrogens with one attached hydrogen (secondary N) is 2. The maximum Gasteiger partial charge on any atom is 0.238 e. The van der Waals surface area contributed by atoms with Gasteiger partial charge >= 0.3 is 0 Å². The highest BCUT2D eigenvalue weighted by Crippen LogP contribution is 2.15. The Morgan fingerprint density at radius 2 is 1.86 bits per heavy atom. The highest BCUT2D eigenvalue weighted by molar-refractivity contribution is 5.92. The Labute approximate surface area is 122 Å². The predicted molar refractivity (Wildman–Crippen MR) is 77.8 cm³/mol. The van der Waals surface area contributed by atoms with Gasteiger partial charge in [-0.3, -0.25) is 4.79 Å². The molecule has 5 heteroatoms. The first-order valence-corrected chi connectivity index (χ1v) is 6.59. The molecular weight excluding hydrogens is 274 g/mol. The van der Waals surface area contributed by atoms with Crippen LogP contribution in [-0.4, -0.2) is 12.5 Å². The first-order valence-electron chi connectivity index (χ1n) is 6.59. The minimum absolute atomic E-state index is 0.00462. The van der Waals surface area contributed by atoms with E-state index in [9.17, 15) is 13.6 Å². The van der Waals surface area contributed by atoms with E-state index in [1.54, 1.807) is 0 Å². The van der Waals surface area contributed by atoms with Gasteiger partial charge in [-0.05, 0) is 24.6 Å². The molecule has 3 nitrogen and oxygen atoms in total. The number of carbonyl (C=O) groups excluding carboxylic acids is 1. The van der Waals surface area contributed by atoms with Crippen LogP contribution >= 0.6 is 0 Å². The monoisotopic (exact) mass is 290 g/mol. The van der Waals surface area contributed by atoms with Crippen LogP contribution in [0.25, 0.3) is 0 Å². The van der Waals surface area contributed by atoms with Crippen LogP contribution in [0, 0.1) is 11.6 Å². The van der Waals surface area contributed by atoms with E-state index in [1.165, 1.54) is 6.07 Å². The first kappa shape index (κ1) is 15.1. The number of carbonyl (C=O) groups is 1. The number of halogens is 2. The molecule has 0 bridgehead atoms. The van der Waals surface area contributed by atoms with E-state index in [4.69, 9.17) is 0 Å². The number of anilines is 1. The van der Waals surface area contributed by atoms with E-state index in [0.717, 1.165) is 17.7 Å². The molecule has 1 amide bonds. The zero-order valence-corrected chi connectivity index (χ0v) is 11.6. The van der Waals surface area contributed by atoms with E-state index < -0.39 is 11.6 Å². The fourth-order valence-electron chi connectivity index (χ4n) is 1.89. The van der Waals surface area contributed by atoms with Crippen molar-refractivity contribution in [3.63, 3.8) is 0 Å². The van der Waals surface area contributed by atoms with Crippen LogP contribution in [0.5, 0.6) is 0 Å². The lowest BCUT2D eigenvalue weighted by molar-refractivity contribution is -0.115. The summed E-state index contributed by atoms with van der Waals surface area (Å²) in [6.45, 7) is 1.97. The van der Waals surface area contributed by atoms with Crippen LogP contribution in [-0.2, 0) is 4.79 Å². The highest BCUT2D eigenvalue weighted by atomic mass is 19.1. The average Bonchev–Trinajstić information content (AvgIpc) is 2.48. The van der Waals surface area contributed by atoms with Crippen molar-refractivity contribution in [2.75, 3.05) is 11.9 Å². The van der Waals surface area contributed by atoms with Crippen molar-refractivity contribution < 1.29 is 13.6 Å². The molecule has 0 unspecified atom stereocenters. The van der Waals surface area contributed by atoms with Crippen molar-refractivity contribution in [3.05, 3.63) is 65.7 Å². The van der Waals surface area contributed by atoms with Crippen LogP contribution in [0.1, 0.15) is 18.5 Å². The van der Waals surface area contributed by atoms with Gasteiger partial charge in [0, 0.05) is 12.1 Å².